The number of alkyl halides is 3. The van der Waals surface area contributed by atoms with Crippen LogP contribution < -0.4 is 0 Å². The summed E-state index contributed by atoms with van der Waals surface area (Å²) in [6.07, 6.45) is -2.47. The van der Waals surface area contributed by atoms with Crippen LogP contribution in [-0.4, -0.2) is 64.9 Å². The van der Waals surface area contributed by atoms with Crippen LogP contribution in [0.5, 0.6) is 0 Å². The lowest BCUT2D eigenvalue weighted by Gasteiger charge is -2.33. The summed E-state index contributed by atoms with van der Waals surface area (Å²) in [5, 5.41) is -0.327. The van der Waals surface area contributed by atoms with Gasteiger partial charge in [0.05, 0.1) is 5.25 Å². The van der Waals surface area contributed by atoms with Gasteiger partial charge >= 0.3 is 6.18 Å². The number of carbonyl (C=O) groups excluding carboxylic acids is 1. The number of hydrogen-bond acceptors (Lipinski definition) is 5. The van der Waals surface area contributed by atoms with E-state index < -0.39 is 33.6 Å². The molecule has 1 aromatic rings. The Balaban J connectivity index is 1.67. The van der Waals surface area contributed by atoms with Gasteiger partial charge in [0.25, 0.3) is 5.91 Å². The maximum atomic E-state index is 12.6. The van der Waals surface area contributed by atoms with Gasteiger partial charge in [-0.05, 0) is 18.9 Å². The first-order valence-corrected chi connectivity index (χ1v) is 8.88. The number of amides is 1. The van der Waals surface area contributed by atoms with Crippen LogP contribution in [0.25, 0.3) is 0 Å². The third kappa shape index (κ3) is 3.36. The van der Waals surface area contributed by atoms with Crippen LogP contribution in [0.15, 0.2) is 12.3 Å². The van der Waals surface area contributed by atoms with Crippen LogP contribution in [0.4, 0.5) is 13.2 Å². The zero-order valence-corrected chi connectivity index (χ0v) is 13.3. The first kappa shape index (κ1) is 17.1. The van der Waals surface area contributed by atoms with Gasteiger partial charge in [-0.3, -0.25) is 4.79 Å². The molecule has 1 saturated carbocycles. The van der Waals surface area contributed by atoms with Crippen molar-refractivity contribution in [3.05, 3.63) is 23.8 Å². The van der Waals surface area contributed by atoms with Crippen molar-refractivity contribution in [2.45, 2.75) is 24.3 Å². The Bertz CT molecular complexity index is 741. The minimum Gasteiger partial charge on any atom is -0.333 e. The van der Waals surface area contributed by atoms with Crippen molar-refractivity contribution in [1.29, 1.82) is 0 Å². The summed E-state index contributed by atoms with van der Waals surface area (Å²) in [7, 11) is -3.31. The van der Waals surface area contributed by atoms with E-state index in [9.17, 15) is 26.4 Å². The van der Waals surface area contributed by atoms with Gasteiger partial charge in [-0.1, -0.05) is 0 Å². The zero-order valence-electron chi connectivity index (χ0n) is 12.5. The van der Waals surface area contributed by atoms with E-state index in [1.807, 2.05) is 0 Å². The first-order chi connectivity index (χ1) is 11.2. The standard InChI is InChI=1S/C13H15F3N4O3S/c14-13(15,16)10-3-4-17-11(18-10)12(21)19-5-7-20(8-6-19)24(22,23)9-1-2-9/h3-4,9H,1-2,5-8H2. The van der Waals surface area contributed by atoms with E-state index in [-0.39, 0.29) is 31.4 Å². The van der Waals surface area contributed by atoms with Crippen LogP contribution in [0, 0.1) is 0 Å². The highest BCUT2D eigenvalue weighted by atomic mass is 32.2. The molecule has 2 fully saturated rings. The molecule has 0 aromatic carbocycles. The Hall–Kier alpha value is -1.75. The number of hydrogen-bond donors (Lipinski definition) is 0. The van der Waals surface area contributed by atoms with Crippen LogP contribution in [0.2, 0.25) is 0 Å². The van der Waals surface area contributed by atoms with Crippen molar-refractivity contribution in [3.8, 4) is 0 Å². The minimum atomic E-state index is -4.66. The van der Waals surface area contributed by atoms with Crippen LogP contribution >= 0.6 is 0 Å². The van der Waals surface area contributed by atoms with Gasteiger partial charge in [-0.2, -0.15) is 17.5 Å². The number of halogens is 3. The Morgan fingerprint density at radius 1 is 1.17 bits per heavy atom. The molecular weight excluding hydrogens is 349 g/mol. The van der Waals surface area contributed by atoms with Crippen LogP contribution in [0.3, 0.4) is 0 Å². The molecule has 0 unspecified atom stereocenters. The van der Waals surface area contributed by atoms with E-state index >= 15 is 0 Å². The average Bonchev–Trinajstić information content (AvgIpc) is 3.39. The van der Waals surface area contributed by atoms with Crippen molar-refractivity contribution >= 4 is 15.9 Å². The Morgan fingerprint density at radius 3 is 2.33 bits per heavy atom. The fourth-order valence-electron chi connectivity index (χ4n) is 2.48. The van der Waals surface area contributed by atoms with E-state index in [1.54, 1.807) is 0 Å². The molecule has 1 aliphatic heterocycles. The predicted octanol–water partition coefficient (Wildman–Crippen LogP) is 0.745. The molecule has 11 heteroatoms. The maximum Gasteiger partial charge on any atom is 0.433 e. The normalized spacial score (nSPS) is 20.2. The van der Waals surface area contributed by atoms with Gasteiger partial charge in [-0.15, -0.1) is 0 Å². The molecule has 0 N–H and O–H groups in total. The molecule has 3 rings (SSSR count). The fourth-order valence-corrected chi connectivity index (χ4v) is 4.31. The summed E-state index contributed by atoms with van der Waals surface area (Å²) >= 11 is 0. The monoisotopic (exact) mass is 364 g/mol. The van der Waals surface area contributed by atoms with E-state index in [4.69, 9.17) is 0 Å². The lowest BCUT2D eigenvalue weighted by molar-refractivity contribution is -0.141. The van der Waals surface area contributed by atoms with Crippen LogP contribution in [0.1, 0.15) is 29.2 Å². The number of carbonyl (C=O) groups is 1. The molecular formula is C13H15F3N4O3S. The second-order valence-corrected chi connectivity index (χ2v) is 7.91. The van der Waals surface area contributed by atoms with E-state index in [1.165, 1.54) is 9.21 Å². The average molecular weight is 364 g/mol. The van der Waals surface area contributed by atoms with Gasteiger partial charge in [-0.25, -0.2) is 18.4 Å². The highest BCUT2D eigenvalue weighted by Crippen LogP contribution is 2.31. The molecule has 1 saturated heterocycles. The van der Waals surface area contributed by atoms with Gasteiger partial charge < -0.3 is 4.90 Å². The number of nitrogens with zero attached hydrogens (tertiary/aromatic N) is 4. The molecule has 132 valence electrons. The molecule has 2 heterocycles. The molecule has 1 aromatic heterocycles. The molecule has 1 amide bonds. The lowest BCUT2D eigenvalue weighted by Crippen LogP contribution is -2.51. The van der Waals surface area contributed by atoms with E-state index in [0.29, 0.717) is 18.9 Å². The minimum absolute atomic E-state index is 0.102. The number of aromatic nitrogens is 2. The summed E-state index contributed by atoms with van der Waals surface area (Å²) in [6, 6.07) is 0.691. The fraction of sp³-hybridized carbons (Fsp3) is 0.615. The quantitative estimate of drug-likeness (QED) is 0.790. The smallest absolute Gasteiger partial charge is 0.333 e. The molecule has 1 aliphatic carbocycles. The van der Waals surface area contributed by atoms with Crippen molar-refractivity contribution in [3.63, 3.8) is 0 Å². The molecule has 0 spiro atoms. The summed E-state index contributed by atoms with van der Waals surface area (Å²) in [5.41, 5.74) is -1.18. The Morgan fingerprint density at radius 2 is 1.79 bits per heavy atom. The van der Waals surface area contributed by atoms with Gasteiger partial charge in [0, 0.05) is 32.4 Å². The number of piperazine rings is 1. The summed E-state index contributed by atoms with van der Waals surface area (Å²) < 4.78 is 63.5. The SMILES string of the molecule is O=C(c1nccc(C(F)(F)F)n1)N1CCN(S(=O)(=O)C2CC2)CC1. The predicted molar refractivity (Wildman–Crippen MR) is 76.5 cm³/mol. The van der Waals surface area contributed by atoms with E-state index in [0.717, 1.165) is 6.20 Å². The first-order valence-electron chi connectivity index (χ1n) is 7.38. The lowest BCUT2D eigenvalue weighted by atomic mass is 10.3. The molecule has 7 nitrogen and oxygen atoms in total. The van der Waals surface area contributed by atoms with Gasteiger partial charge in [0.2, 0.25) is 15.8 Å². The second-order valence-electron chi connectivity index (χ2n) is 5.70. The molecule has 0 atom stereocenters. The van der Waals surface area contributed by atoms with Crippen molar-refractivity contribution in [2.75, 3.05) is 26.2 Å². The van der Waals surface area contributed by atoms with Crippen molar-refractivity contribution < 1.29 is 26.4 Å². The molecule has 24 heavy (non-hydrogen) atoms. The van der Waals surface area contributed by atoms with Crippen LogP contribution in [-0.2, 0) is 16.2 Å². The third-order valence-corrected chi connectivity index (χ3v) is 6.37. The highest BCUT2D eigenvalue weighted by Gasteiger charge is 2.41. The number of sulfonamides is 1. The Kier molecular flexibility index (Phi) is 4.24. The third-order valence-electron chi connectivity index (χ3n) is 3.97. The Labute approximate surface area is 136 Å². The molecule has 0 bridgehead atoms. The highest BCUT2D eigenvalue weighted by molar-refractivity contribution is 7.90. The second kappa shape index (κ2) is 5.96. The number of rotatable bonds is 3. The molecule has 0 radical (unpaired) electrons. The summed E-state index contributed by atoms with van der Waals surface area (Å²) in [5.74, 6) is -1.27. The summed E-state index contributed by atoms with van der Waals surface area (Å²) in [4.78, 5) is 20.4. The van der Waals surface area contributed by atoms with E-state index in [2.05, 4.69) is 9.97 Å². The van der Waals surface area contributed by atoms with Gasteiger partial charge in [0.15, 0.2) is 0 Å². The maximum absolute atomic E-state index is 12.6. The van der Waals surface area contributed by atoms with Crippen molar-refractivity contribution in [1.82, 2.24) is 19.2 Å². The largest absolute Gasteiger partial charge is 0.433 e. The van der Waals surface area contributed by atoms with Gasteiger partial charge in [0.1, 0.15) is 5.69 Å². The van der Waals surface area contributed by atoms with Crippen molar-refractivity contribution in [2.24, 2.45) is 0 Å². The summed E-state index contributed by atoms with van der Waals surface area (Å²) in [6.45, 7) is 0.460. The zero-order chi connectivity index (χ0) is 17.5. The molecule has 2 aliphatic rings. The topological polar surface area (TPSA) is 83.5 Å².